The summed E-state index contributed by atoms with van der Waals surface area (Å²) in [6, 6.07) is 0.201. The third-order valence-corrected chi connectivity index (χ3v) is 4.74. The van der Waals surface area contributed by atoms with E-state index in [0.29, 0.717) is 0 Å². The number of nitrogens with zero attached hydrogens (tertiary/aromatic N) is 3. The van der Waals surface area contributed by atoms with Crippen LogP contribution in [0.25, 0.3) is 0 Å². The average Bonchev–Trinajstić information content (AvgIpc) is 2.81. The van der Waals surface area contributed by atoms with Gasteiger partial charge in [0, 0.05) is 36.7 Å². The van der Waals surface area contributed by atoms with E-state index in [2.05, 4.69) is 33.9 Å². The van der Waals surface area contributed by atoms with Gasteiger partial charge in [-0.1, -0.05) is 0 Å². The summed E-state index contributed by atoms with van der Waals surface area (Å²) >= 11 is 1.77. The molecule has 0 bridgehead atoms. The number of H-pyrrole nitrogens is 1. The van der Waals surface area contributed by atoms with Crippen molar-refractivity contribution in [2.24, 2.45) is 0 Å². The number of rotatable bonds is 1. The molecular formula is C12H18N4OS. The lowest BCUT2D eigenvalue weighted by atomic mass is 10.1. The molecule has 1 aromatic heterocycles. The molecule has 2 aliphatic heterocycles. The predicted octanol–water partition coefficient (Wildman–Crippen LogP) is 0.435. The van der Waals surface area contributed by atoms with Crippen LogP contribution in [0.2, 0.25) is 0 Å². The average molecular weight is 266 g/mol. The monoisotopic (exact) mass is 266 g/mol. The van der Waals surface area contributed by atoms with Crippen molar-refractivity contribution in [1.82, 2.24) is 19.8 Å². The van der Waals surface area contributed by atoms with Gasteiger partial charge in [0.1, 0.15) is 5.82 Å². The second-order valence-corrected chi connectivity index (χ2v) is 6.11. The van der Waals surface area contributed by atoms with E-state index in [0.717, 1.165) is 48.2 Å². The minimum Gasteiger partial charge on any atom is -0.309 e. The standard InChI is InChI=1S/C12H18N4OS/c1-15-3-4-16(2)10(5-15)11-13-9-7-18-6-8(9)12(17)14-11/h10H,3-7H2,1-2H3,(H,13,14,17). The molecule has 0 spiro atoms. The number of nitrogens with one attached hydrogen (secondary N) is 1. The zero-order chi connectivity index (χ0) is 12.7. The highest BCUT2D eigenvalue weighted by Crippen LogP contribution is 2.27. The Hall–Kier alpha value is -0.850. The normalized spacial score (nSPS) is 25.3. The molecule has 1 aromatic rings. The minimum atomic E-state index is 0.0571. The zero-order valence-electron chi connectivity index (χ0n) is 10.8. The Morgan fingerprint density at radius 2 is 2.17 bits per heavy atom. The number of aromatic amines is 1. The summed E-state index contributed by atoms with van der Waals surface area (Å²) in [5, 5.41) is 0. The van der Waals surface area contributed by atoms with Crippen LogP contribution in [0.5, 0.6) is 0 Å². The Labute approximate surface area is 111 Å². The molecule has 0 aliphatic carbocycles. The first-order chi connectivity index (χ1) is 8.65. The first-order valence-corrected chi connectivity index (χ1v) is 7.39. The number of hydrogen-bond acceptors (Lipinski definition) is 5. The molecule has 5 nitrogen and oxygen atoms in total. The van der Waals surface area contributed by atoms with Crippen LogP contribution in [0.1, 0.15) is 23.1 Å². The molecule has 1 atom stereocenters. The number of thioether (sulfide) groups is 1. The van der Waals surface area contributed by atoms with E-state index in [1.165, 1.54) is 0 Å². The summed E-state index contributed by atoms with van der Waals surface area (Å²) in [6.45, 7) is 3.00. The molecule has 0 aromatic carbocycles. The van der Waals surface area contributed by atoms with Crippen LogP contribution in [-0.4, -0.2) is 53.5 Å². The molecule has 2 aliphatic rings. The molecule has 6 heteroatoms. The minimum absolute atomic E-state index is 0.0571. The molecule has 1 unspecified atom stereocenters. The predicted molar refractivity (Wildman–Crippen MR) is 72.7 cm³/mol. The lowest BCUT2D eigenvalue weighted by molar-refractivity contribution is 0.109. The van der Waals surface area contributed by atoms with Gasteiger partial charge in [-0.3, -0.25) is 9.69 Å². The van der Waals surface area contributed by atoms with Crippen molar-refractivity contribution < 1.29 is 0 Å². The molecule has 0 saturated carbocycles. The lowest BCUT2D eigenvalue weighted by Gasteiger charge is -2.36. The topological polar surface area (TPSA) is 52.2 Å². The smallest absolute Gasteiger partial charge is 0.255 e. The Bertz CT molecular complexity index is 515. The molecular weight excluding hydrogens is 248 g/mol. The highest BCUT2D eigenvalue weighted by Gasteiger charge is 2.27. The number of fused-ring (bicyclic) bond motifs is 1. The largest absolute Gasteiger partial charge is 0.309 e. The van der Waals surface area contributed by atoms with Gasteiger partial charge in [-0.2, -0.15) is 11.8 Å². The Morgan fingerprint density at radius 1 is 1.33 bits per heavy atom. The SMILES string of the molecule is CN1CCN(C)C(c2nc3c(c(=O)[nH]2)CSC3)C1. The maximum atomic E-state index is 12.0. The van der Waals surface area contributed by atoms with Gasteiger partial charge in [0.2, 0.25) is 0 Å². The van der Waals surface area contributed by atoms with Gasteiger partial charge in [0.25, 0.3) is 5.56 Å². The third-order valence-electron chi connectivity index (χ3n) is 3.77. The quantitative estimate of drug-likeness (QED) is 0.799. The zero-order valence-corrected chi connectivity index (χ0v) is 11.6. The van der Waals surface area contributed by atoms with E-state index in [-0.39, 0.29) is 11.6 Å². The van der Waals surface area contributed by atoms with Gasteiger partial charge in [-0.05, 0) is 14.1 Å². The van der Waals surface area contributed by atoms with Crippen LogP contribution in [-0.2, 0) is 11.5 Å². The second-order valence-electron chi connectivity index (χ2n) is 5.13. The van der Waals surface area contributed by atoms with Gasteiger partial charge in [-0.25, -0.2) is 4.98 Å². The van der Waals surface area contributed by atoms with Crippen LogP contribution >= 0.6 is 11.8 Å². The van der Waals surface area contributed by atoms with E-state index in [9.17, 15) is 4.79 Å². The van der Waals surface area contributed by atoms with E-state index in [4.69, 9.17) is 0 Å². The fourth-order valence-corrected chi connectivity index (χ4v) is 3.58. The highest BCUT2D eigenvalue weighted by atomic mass is 32.2. The Balaban J connectivity index is 1.96. The maximum absolute atomic E-state index is 12.0. The van der Waals surface area contributed by atoms with Crippen LogP contribution in [0.4, 0.5) is 0 Å². The van der Waals surface area contributed by atoms with Crippen LogP contribution in [0.15, 0.2) is 4.79 Å². The number of hydrogen-bond donors (Lipinski definition) is 1. The fraction of sp³-hybridized carbons (Fsp3) is 0.667. The third kappa shape index (κ3) is 2.08. The molecule has 98 valence electrons. The molecule has 1 saturated heterocycles. The molecule has 1 fully saturated rings. The summed E-state index contributed by atoms with van der Waals surface area (Å²) in [7, 11) is 4.21. The Kier molecular flexibility index (Phi) is 3.17. The molecule has 0 radical (unpaired) electrons. The highest BCUT2D eigenvalue weighted by molar-refractivity contribution is 7.98. The number of aromatic nitrogens is 2. The van der Waals surface area contributed by atoms with Crippen LogP contribution < -0.4 is 5.56 Å². The van der Waals surface area contributed by atoms with Gasteiger partial charge in [0.15, 0.2) is 0 Å². The van der Waals surface area contributed by atoms with E-state index in [1.54, 1.807) is 11.8 Å². The first kappa shape index (κ1) is 12.2. The second kappa shape index (κ2) is 4.68. The number of likely N-dealkylation sites (N-methyl/N-ethyl adjacent to an activating group) is 2. The first-order valence-electron chi connectivity index (χ1n) is 6.23. The van der Waals surface area contributed by atoms with E-state index < -0.39 is 0 Å². The summed E-state index contributed by atoms with van der Waals surface area (Å²) < 4.78 is 0. The van der Waals surface area contributed by atoms with Crippen LogP contribution in [0.3, 0.4) is 0 Å². The van der Waals surface area contributed by atoms with Crippen molar-refractivity contribution in [3.63, 3.8) is 0 Å². The summed E-state index contributed by atoms with van der Waals surface area (Å²) in [6.07, 6.45) is 0. The molecule has 1 N–H and O–H groups in total. The maximum Gasteiger partial charge on any atom is 0.255 e. The lowest BCUT2D eigenvalue weighted by Crippen LogP contribution is -2.45. The number of piperazine rings is 1. The molecule has 18 heavy (non-hydrogen) atoms. The fourth-order valence-electron chi connectivity index (χ4n) is 2.54. The van der Waals surface area contributed by atoms with E-state index >= 15 is 0 Å². The summed E-state index contributed by atoms with van der Waals surface area (Å²) in [5.41, 5.74) is 1.91. The van der Waals surface area contributed by atoms with Crippen LogP contribution in [0, 0.1) is 0 Å². The molecule has 0 amide bonds. The van der Waals surface area contributed by atoms with Gasteiger partial charge < -0.3 is 9.88 Å². The van der Waals surface area contributed by atoms with Crippen molar-refractivity contribution in [3.8, 4) is 0 Å². The van der Waals surface area contributed by atoms with Crippen molar-refractivity contribution in [2.45, 2.75) is 17.5 Å². The molecule has 3 heterocycles. The Morgan fingerprint density at radius 3 is 3.00 bits per heavy atom. The van der Waals surface area contributed by atoms with Gasteiger partial charge in [-0.15, -0.1) is 0 Å². The van der Waals surface area contributed by atoms with Crippen molar-refractivity contribution in [2.75, 3.05) is 33.7 Å². The van der Waals surface area contributed by atoms with Gasteiger partial charge in [0.05, 0.1) is 11.7 Å². The van der Waals surface area contributed by atoms with E-state index in [1.807, 2.05) is 0 Å². The van der Waals surface area contributed by atoms with Gasteiger partial charge >= 0.3 is 0 Å². The van der Waals surface area contributed by atoms with Crippen molar-refractivity contribution in [3.05, 3.63) is 27.4 Å². The summed E-state index contributed by atoms with van der Waals surface area (Å²) in [4.78, 5) is 24.2. The van der Waals surface area contributed by atoms with Crippen molar-refractivity contribution in [1.29, 1.82) is 0 Å². The van der Waals surface area contributed by atoms with Crippen molar-refractivity contribution >= 4 is 11.8 Å². The molecule has 3 rings (SSSR count). The summed E-state index contributed by atoms with van der Waals surface area (Å²) in [5.74, 6) is 2.51.